The number of fused-ring (bicyclic) bond motifs is 1. The van der Waals surface area contributed by atoms with Gasteiger partial charge in [-0.1, -0.05) is 39.0 Å². The predicted molar refractivity (Wildman–Crippen MR) is 155 cm³/mol. The molecule has 0 radical (unpaired) electrons. The first-order valence-corrected chi connectivity index (χ1v) is 14.6. The highest BCUT2D eigenvalue weighted by molar-refractivity contribution is 5.92. The number of ether oxygens (including phenoxy) is 1. The molecule has 2 N–H and O–H groups in total. The first kappa shape index (κ1) is 32.2. The minimum Gasteiger partial charge on any atom is -0.444 e. The number of hydrogen-bond donors (Lipinski definition) is 2. The van der Waals surface area contributed by atoms with E-state index in [1.165, 1.54) is 15.9 Å². The van der Waals surface area contributed by atoms with Crippen molar-refractivity contribution in [1.29, 1.82) is 0 Å². The Balaban J connectivity index is 1.36. The number of hydrogen-bond acceptors (Lipinski definition) is 5. The Labute approximate surface area is 257 Å². The SMILES string of the molecule is C=CC1CC1NC(=O)C1CC(OC(=O)N2Cc3cccc(F)c3C2)CN1C(=O)C(Nc1cc(F)cc(C(F)(F)F)c1)C(C)(C)C. The summed E-state index contributed by atoms with van der Waals surface area (Å²) in [6.07, 6.45) is -4.07. The molecule has 2 heterocycles. The number of amides is 3. The Morgan fingerprint density at radius 2 is 1.80 bits per heavy atom. The third-order valence-electron chi connectivity index (χ3n) is 8.42. The summed E-state index contributed by atoms with van der Waals surface area (Å²) in [4.78, 5) is 43.3. The zero-order chi connectivity index (χ0) is 32.8. The van der Waals surface area contributed by atoms with Crippen LogP contribution in [0.15, 0.2) is 49.1 Å². The van der Waals surface area contributed by atoms with E-state index in [1.54, 1.807) is 39.0 Å². The van der Waals surface area contributed by atoms with Gasteiger partial charge in [-0.05, 0) is 47.6 Å². The van der Waals surface area contributed by atoms with E-state index in [0.29, 0.717) is 29.7 Å². The molecule has 2 aliphatic heterocycles. The van der Waals surface area contributed by atoms with Crippen molar-refractivity contribution in [3.63, 3.8) is 0 Å². The molecule has 0 bridgehead atoms. The minimum atomic E-state index is -4.82. The van der Waals surface area contributed by atoms with Crippen LogP contribution in [0.2, 0.25) is 0 Å². The minimum absolute atomic E-state index is 0.00824. The summed E-state index contributed by atoms with van der Waals surface area (Å²) in [7, 11) is 0. The average Bonchev–Trinajstić information content (AvgIpc) is 3.33. The van der Waals surface area contributed by atoms with Crippen LogP contribution >= 0.6 is 0 Å². The fourth-order valence-electron chi connectivity index (χ4n) is 5.84. The highest BCUT2D eigenvalue weighted by atomic mass is 19.4. The second-order valence-corrected chi connectivity index (χ2v) is 12.9. The summed E-state index contributed by atoms with van der Waals surface area (Å²) in [5, 5.41) is 5.66. The number of carbonyl (C=O) groups excluding carboxylic acids is 3. The van der Waals surface area contributed by atoms with Crippen molar-refractivity contribution in [3.8, 4) is 0 Å². The van der Waals surface area contributed by atoms with E-state index in [9.17, 15) is 36.3 Å². The maximum Gasteiger partial charge on any atom is 0.416 e. The Bertz CT molecular complexity index is 1510. The second-order valence-electron chi connectivity index (χ2n) is 12.9. The van der Waals surface area contributed by atoms with E-state index >= 15 is 0 Å². The molecule has 5 atom stereocenters. The Hall–Kier alpha value is -4.16. The second kappa shape index (κ2) is 12.0. The lowest BCUT2D eigenvalue weighted by Crippen LogP contribution is -2.54. The first-order valence-electron chi connectivity index (χ1n) is 14.6. The molecule has 5 unspecified atom stereocenters. The van der Waals surface area contributed by atoms with E-state index in [4.69, 9.17) is 4.74 Å². The molecule has 1 aliphatic carbocycles. The van der Waals surface area contributed by atoms with Gasteiger partial charge in [0, 0.05) is 30.3 Å². The lowest BCUT2D eigenvalue weighted by atomic mass is 9.85. The Morgan fingerprint density at radius 1 is 1.07 bits per heavy atom. The van der Waals surface area contributed by atoms with Crippen molar-refractivity contribution in [1.82, 2.24) is 15.1 Å². The molecular weight excluding hydrogens is 599 g/mol. The van der Waals surface area contributed by atoms with Gasteiger partial charge in [0.15, 0.2) is 0 Å². The van der Waals surface area contributed by atoms with Crippen molar-refractivity contribution in [3.05, 3.63) is 77.4 Å². The van der Waals surface area contributed by atoms with Crippen molar-refractivity contribution in [2.24, 2.45) is 11.3 Å². The van der Waals surface area contributed by atoms with Gasteiger partial charge in [0.2, 0.25) is 11.8 Å². The number of halogens is 5. The van der Waals surface area contributed by atoms with E-state index in [2.05, 4.69) is 17.2 Å². The number of nitrogens with one attached hydrogen (secondary N) is 2. The van der Waals surface area contributed by atoms with Crippen LogP contribution in [-0.2, 0) is 33.6 Å². The van der Waals surface area contributed by atoms with Gasteiger partial charge in [-0.2, -0.15) is 13.2 Å². The topological polar surface area (TPSA) is 91.0 Å². The average molecular weight is 635 g/mol. The van der Waals surface area contributed by atoms with E-state index < -0.39 is 64.9 Å². The number of carbonyl (C=O) groups is 3. The first-order chi connectivity index (χ1) is 21.0. The van der Waals surface area contributed by atoms with Gasteiger partial charge in [-0.15, -0.1) is 6.58 Å². The molecule has 1 saturated carbocycles. The van der Waals surface area contributed by atoms with Crippen LogP contribution in [0, 0.1) is 23.0 Å². The van der Waals surface area contributed by atoms with Crippen LogP contribution in [0.25, 0.3) is 0 Å². The quantitative estimate of drug-likeness (QED) is 0.305. The summed E-state index contributed by atoms with van der Waals surface area (Å²) < 4.78 is 74.4. The molecule has 8 nitrogen and oxygen atoms in total. The largest absolute Gasteiger partial charge is 0.444 e. The third kappa shape index (κ3) is 7.07. The Morgan fingerprint density at radius 3 is 2.42 bits per heavy atom. The smallest absolute Gasteiger partial charge is 0.416 e. The Kier molecular flexibility index (Phi) is 8.58. The molecule has 5 rings (SSSR count). The van der Waals surface area contributed by atoms with Gasteiger partial charge in [-0.3, -0.25) is 14.5 Å². The molecule has 3 amide bonds. The summed E-state index contributed by atoms with van der Waals surface area (Å²) in [5.41, 5.74) is -1.35. The molecule has 13 heteroatoms. The monoisotopic (exact) mass is 634 g/mol. The van der Waals surface area contributed by atoms with Crippen LogP contribution in [0.4, 0.5) is 32.4 Å². The van der Waals surface area contributed by atoms with Gasteiger partial charge in [0.25, 0.3) is 0 Å². The number of likely N-dealkylation sites (tertiary alicyclic amines) is 1. The lowest BCUT2D eigenvalue weighted by Gasteiger charge is -2.36. The van der Waals surface area contributed by atoms with Crippen LogP contribution in [0.1, 0.15) is 50.3 Å². The van der Waals surface area contributed by atoms with Gasteiger partial charge in [0.05, 0.1) is 18.7 Å². The molecule has 2 fully saturated rings. The molecule has 242 valence electrons. The molecule has 45 heavy (non-hydrogen) atoms. The van der Waals surface area contributed by atoms with Crippen LogP contribution in [0.3, 0.4) is 0 Å². The summed E-state index contributed by atoms with van der Waals surface area (Å²) >= 11 is 0. The third-order valence-corrected chi connectivity index (χ3v) is 8.42. The van der Waals surface area contributed by atoms with Crippen LogP contribution < -0.4 is 10.6 Å². The fraction of sp³-hybridized carbons (Fsp3) is 0.469. The van der Waals surface area contributed by atoms with Gasteiger partial charge >= 0.3 is 12.3 Å². The van der Waals surface area contributed by atoms with Gasteiger partial charge < -0.3 is 20.3 Å². The number of anilines is 1. The molecule has 2 aromatic rings. The number of nitrogens with zero attached hydrogens (tertiary/aromatic N) is 2. The normalized spacial score (nSPS) is 23.3. The van der Waals surface area contributed by atoms with Crippen molar-refractivity contribution in [2.75, 3.05) is 11.9 Å². The van der Waals surface area contributed by atoms with E-state index in [1.807, 2.05) is 0 Å². The summed E-state index contributed by atoms with van der Waals surface area (Å²) in [5.74, 6) is -2.58. The highest BCUT2D eigenvalue weighted by Crippen LogP contribution is 2.36. The maximum absolute atomic E-state index is 14.2. The fourth-order valence-corrected chi connectivity index (χ4v) is 5.84. The number of alkyl halides is 3. The van der Waals surface area contributed by atoms with Crippen molar-refractivity contribution < 1.29 is 41.1 Å². The zero-order valence-electron chi connectivity index (χ0n) is 25.1. The molecule has 1 saturated heterocycles. The van der Waals surface area contributed by atoms with E-state index in [-0.39, 0.29) is 43.7 Å². The molecule has 2 aromatic carbocycles. The lowest BCUT2D eigenvalue weighted by molar-refractivity contribution is -0.140. The molecular formula is C32H35F5N4O4. The van der Waals surface area contributed by atoms with Crippen LogP contribution in [0.5, 0.6) is 0 Å². The van der Waals surface area contributed by atoms with Gasteiger partial charge in [-0.25, -0.2) is 13.6 Å². The summed E-state index contributed by atoms with van der Waals surface area (Å²) in [6, 6.07) is 4.11. The van der Waals surface area contributed by atoms with Crippen molar-refractivity contribution >= 4 is 23.6 Å². The zero-order valence-corrected chi connectivity index (χ0v) is 25.1. The van der Waals surface area contributed by atoms with Gasteiger partial charge in [0.1, 0.15) is 29.8 Å². The highest BCUT2D eigenvalue weighted by Gasteiger charge is 2.48. The van der Waals surface area contributed by atoms with Crippen molar-refractivity contribution in [2.45, 2.75) is 77.1 Å². The van der Waals surface area contributed by atoms with E-state index in [0.717, 1.165) is 6.07 Å². The molecule has 0 spiro atoms. The van der Waals surface area contributed by atoms with Crippen LogP contribution in [-0.4, -0.2) is 58.5 Å². The molecule has 3 aliphatic rings. The number of rotatable bonds is 7. The standard InChI is InChI=1S/C32H35F5N4O4/c1-5-17-9-25(17)39-28(42)26-13-22(45-30(44)40-14-18-7-6-8-24(34)23(18)16-40)15-41(26)29(43)27(31(2,3)4)38-21-11-19(32(35,36)37)10-20(33)12-21/h5-8,10-12,17,22,25-27,38H,1,9,13-16H2,2-4H3,(H,39,42). The number of benzene rings is 2. The molecule has 0 aromatic heterocycles. The maximum atomic E-state index is 14.2. The summed E-state index contributed by atoms with van der Waals surface area (Å²) in [6.45, 7) is 8.75. The predicted octanol–water partition coefficient (Wildman–Crippen LogP) is 5.62.